The highest BCUT2D eigenvalue weighted by Crippen LogP contribution is 2.29. The Kier molecular flexibility index (Phi) is 5.80. The molecule has 0 aliphatic carbocycles. The van der Waals surface area contributed by atoms with E-state index in [4.69, 9.17) is 23.2 Å². The Morgan fingerprint density at radius 3 is 2.64 bits per heavy atom. The topological polar surface area (TPSA) is 75.9 Å². The Labute approximate surface area is 173 Å². The van der Waals surface area contributed by atoms with E-state index in [0.717, 1.165) is 0 Å². The summed E-state index contributed by atoms with van der Waals surface area (Å²) in [4.78, 5) is 13.5. The van der Waals surface area contributed by atoms with Gasteiger partial charge in [-0.15, -0.1) is 0 Å². The van der Waals surface area contributed by atoms with E-state index in [2.05, 4.69) is 32.1 Å². The third-order valence-corrected chi connectivity index (χ3v) is 5.03. The predicted octanol–water partition coefficient (Wildman–Crippen LogP) is 4.97. The SMILES string of the molecule is CC[C@](C)(O)C#Cc1nc(Nc2ccc(Cl)c(Cl)c2)c2ncn(C(C)C)c2n1. The van der Waals surface area contributed by atoms with Gasteiger partial charge in [-0.05, 0) is 51.3 Å². The molecule has 8 heteroatoms. The van der Waals surface area contributed by atoms with Gasteiger partial charge < -0.3 is 15.0 Å². The number of nitrogens with zero attached hydrogens (tertiary/aromatic N) is 4. The van der Waals surface area contributed by atoms with Crippen molar-refractivity contribution in [1.82, 2.24) is 19.5 Å². The smallest absolute Gasteiger partial charge is 0.209 e. The zero-order valence-corrected chi connectivity index (χ0v) is 17.6. The van der Waals surface area contributed by atoms with Crippen LogP contribution in [0.15, 0.2) is 24.5 Å². The largest absolute Gasteiger partial charge is 0.378 e. The number of anilines is 2. The summed E-state index contributed by atoms with van der Waals surface area (Å²) < 4.78 is 1.94. The van der Waals surface area contributed by atoms with Crippen molar-refractivity contribution in [3.05, 3.63) is 40.4 Å². The molecule has 2 heterocycles. The van der Waals surface area contributed by atoms with Gasteiger partial charge in [-0.25, -0.2) is 15.0 Å². The number of fused-ring (bicyclic) bond motifs is 1. The first kappa shape index (κ1) is 20.4. The number of aliphatic hydroxyl groups is 1. The minimum absolute atomic E-state index is 0.164. The second kappa shape index (κ2) is 7.96. The van der Waals surface area contributed by atoms with Gasteiger partial charge in [-0.1, -0.05) is 36.0 Å². The van der Waals surface area contributed by atoms with Gasteiger partial charge >= 0.3 is 0 Å². The highest BCUT2D eigenvalue weighted by atomic mass is 35.5. The first-order valence-electron chi connectivity index (χ1n) is 8.92. The van der Waals surface area contributed by atoms with E-state index in [-0.39, 0.29) is 6.04 Å². The molecule has 1 aromatic carbocycles. The van der Waals surface area contributed by atoms with Crippen LogP contribution in [-0.4, -0.2) is 30.2 Å². The lowest BCUT2D eigenvalue weighted by Gasteiger charge is -2.12. The van der Waals surface area contributed by atoms with E-state index in [0.29, 0.717) is 45.0 Å². The molecule has 146 valence electrons. The maximum Gasteiger partial charge on any atom is 0.209 e. The van der Waals surface area contributed by atoms with Crippen LogP contribution in [0.4, 0.5) is 11.5 Å². The molecule has 0 fully saturated rings. The second-order valence-electron chi connectivity index (χ2n) is 6.94. The van der Waals surface area contributed by atoms with Crippen molar-refractivity contribution in [2.75, 3.05) is 5.32 Å². The van der Waals surface area contributed by atoms with Crippen molar-refractivity contribution >= 4 is 45.9 Å². The first-order chi connectivity index (χ1) is 13.2. The molecule has 1 atom stereocenters. The van der Waals surface area contributed by atoms with Gasteiger partial charge in [0.25, 0.3) is 0 Å². The minimum Gasteiger partial charge on any atom is -0.378 e. The third-order valence-electron chi connectivity index (χ3n) is 4.29. The number of hydrogen-bond acceptors (Lipinski definition) is 5. The van der Waals surface area contributed by atoms with Crippen LogP contribution in [0.25, 0.3) is 11.2 Å². The predicted molar refractivity (Wildman–Crippen MR) is 113 cm³/mol. The summed E-state index contributed by atoms with van der Waals surface area (Å²) >= 11 is 12.1. The quantitative estimate of drug-likeness (QED) is 0.585. The summed E-state index contributed by atoms with van der Waals surface area (Å²) in [5.74, 6) is 6.50. The molecule has 0 saturated carbocycles. The lowest BCUT2D eigenvalue weighted by molar-refractivity contribution is 0.118. The van der Waals surface area contributed by atoms with Gasteiger partial charge in [-0.2, -0.15) is 0 Å². The van der Waals surface area contributed by atoms with E-state index in [1.165, 1.54) is 0 Å². The number of hydrogen-bond donors (Lipinski definition) is 2. The van der Waals surface area contributed by atoms with Crippen molar-refractivity contribution in [2.45, 2.75) is 45.8 Å². The molecule has 0 unspecified atom stereocenters. The maximum atomic E-state index is 10.2. The normalized spacial score (nSPS) is 13.3. The number of nitrogens with one attached hydrogen (secondary N) is 1. The molecule has 0 radical (unpaired) electrons. The minimum atomic E-state index is -1.10. The van der Waals surface area contributed by atoms with Crippen molar-refractivity contribution in [2.24, 2.45) is 0 Å². The molecule has 0 bridgehead atoms. The molecular weight excluding hydrogens is 397 g/mol. The van der Waals surface area contributed by atoms with Gasteiger partial charge in [0.05, 0.1) is 16.4 Å². The molecule has 0 spiro atoms. The highest BCUT2D eigenvalue weighted by molar-refractivity contribution is 6.42. The number of benzene rings is 1. The Hall–Kier alpha value is -2.33. The van der Waals surface area contributed by atoms with Gasteiger partial charge in [0.2, 0.25) is 5.82 Å². The molecule has 28 heavy (non-hydrogen) atoms. The molecule has 0 aliphatic heterocycles. The zero-order chi connectivity index (χ0) is 20.5. The lowest BCUT2D eigenvalue weighted by atomic mass is 10.1. The van der Waals surface area contributed by atoms with E-state index in [1.807, 2.05) is 25.3 Å². The lowest BCUT2D eigenvalue weighted by Crippen LogP contribution is -2.19. The molecule has 0 saturated heterocycles. The van der Waals surface area contributed by atoms with Gasteiger partial charge in [0.15, 0.2) is 17.0 Å². The summed E-state index contributed by atoms with van der Waals surface area (Å²) in [6.07, 6.45) is 2.23. The fourth-order valence-corrected chi connectivity index (χ4v) is 2.73. The van der Waals surface area contributed by atoms with Gasteiger partial charge in [0.1, 0.15) is 5.60 Å². The monoisotopic (exact) mass is 417 g/mol. The fourth-order valence-electron chi connectivity index (χ4n) is 2.43. The molecule has 3 rings (SSSR count). The van der Waals surface area contributed by atoms with E-state index < -0.39 is 5.60 Å². The van der Waals surface area contributed by atoms with Crippen LogP contribution in [0.1, 0.15) is 46.0 Å². The zero-order valence-electron chi connectivity index (χ0n) is 16.1. The molecule has 2 N–H and O–H groups in total. The van der Waals surface area contributed by atoms with E-state index >= 15 is 0 Å². The standard InChI is InChI=1S/C20H21Cl2N5O/c1-5-20(4,28)9-8-16-25-18(24-13-6-7-14(21)15(22)10-13)17-19(26-16)27(11-23-17)12(2)3/h6-7,10-12,28H,5H2,1-4H3,(H,24,25,26)/t20-/m0/s1. The van der Waals surface area contributed by atoms with Crippen LogP contribution in [0.2, 0.25) is 10.0 Å². The van der Waals surface area contributed by atoms with Crippen LogP contribution in [0.5, 0.6) is 0 Å². The Morgan fingerprint density at radius 2 is 2.00 bits per heavy atom. The Balaban J connectivity index is 2.12. The number of rotatable bonds is 4. The first-order valence-corrected chi connectivity index (χ1v) is 9.68. The van der Waals surface area contributed by atoms with E-state index in [9.17, 15) is 5.11 Å². The van der Waals surface area contributed by atoms with Gasteiger partial charge in [-0.3, -0.25) is 0 Å². The number of imidazole rings is 1. The van der Waals surface area contributed by atoms with Crippen molar-refractivity contribution in [1.29, 1.82) is 0 Å². The molecule has 3 aromatic rings. The van der Waals surface area contributed by atoms with E-state index in [1.54, 1.807) is 31.5 Å². The Bertz CT molecular complexity index is 1080. The van der Waals surface area contributed by atoms with Crippen molar-refractivity contribution in [3.8, 4) is 11.8 Å². The number of halogens is 2. The third kappa shape index (κ3) is 4.39. The second-order valence-corrected chi connectivity index (χ2v) is 7.76. The Morgan fingerprint density at radius 1 is 1.25 bits per heavy atom. The number of aromatic nitrogens is 4. The summed E-state index contributed by atoms with van der Waals surface area (Å²) in [5.41, 5.74) is 0.891. The fraction of sp³-hybridized carbons (Fsp3) is 0.350. The van der Waals surface area contributed by atoms with Crippen LogP contribution in [0, 0.1) is 11.8 Å². The van der Waals surface area contributed by atoms with Crippen molar-refractivity contribution < 1.29 is 5.11 Å². The average Bonchev–Trinajstić information content (AvgIpc) is 3.08. The maximum absolute atomic E-state index is 10.2. The van der Waals surface area contributed by atoms with Crippen LogP contribution in [0.3, 0.4) is 0 Å². The summed E-state index contributed by atoms with van der Waals surface area (Å²) in [5, 5.41) is 14.3. The summed E-state index contributed by atoms with van der Waals surface area (Å²) in [7, 11) is 0. The molecule has 0 aliphatic rings. The molecule has 6 nitrogen and oxygen atoms in total. The van der Waals surface area contributed by atoms with Crippen LogP contribution < -0.4 is 5.32 Å². The van der Waals surface area contributed by atoms with Crippen molar-refractivity contribution in [3.63, 3.8) is 0 Å². The van der Waals surface area contributed by atoms with Crippen LogP contribution in [-0.2, 0) is 0 Å². The van der Waals surface area contributed by atoms with Gasteiger partial charge in [0, 0.05) is 11.7 Å². The highest BCUT2D eigenvalue weighted by Gasteiger charge is 2.16. The van der Waals surface area contributed by atoms with Crippen LogP contribution >= 0.6 is 23.2 Å². The summed E-state index contributed by atoms with van der Waals surface area (Å²) in [6, 6.07) is 5.38. The molecular formula is C20H21Cl2N5O. The summed E-state index contributed by atoms with van der Waals surface area (Å²) in [6.45, 7) is 7.61. The average molecular weight is 418 g/mol. The molecule has 0 amide bonds. The molecule has 2 aromatic heterocycles.